The average molecular weight is 458 g/mol. The topological polar surface area (TPSA) is 148 Å². The Morgan fingerprint density at radius 2 is 2.03 bits per heavy atom. The fourth-order valence-electron chi connectivity index (χ4n) is 3.40. The van der Waals surface area contributed by atoms with Gasteiger partial charge in [-0.15, -0.1) is 0 Å². The number of nitrogens with zero attached hydrogens (tertiary/aromatic N) is 3. The molecule has 2 heterocycles. The number of carbonyl (C=O) groups is 1. The second-order valence-corrected chi connectivity index (χ2v) is 7.70. The van der Waals surface area contributed by atoms with Crippen molar-refractivity contribution in [2.75, 3.05) is 26.3 Å². The van der Waals surface area contributed by atoms with Crippen molar-refractivity contribution < 1.29 is 24.3 Å². The van der Waals surface area contributed by atoms with Gasteiger partial charge in [0.25, 0.3) is 11.8 Å². The number of aromatic amines is 1. The summed E-state index contributed by atoms with van der Waals surface area (Å²) in [6, 6.07) is 5.07. The molecule has 11 heteroatoms. The highest BCUT2D eigenvalue weighted by Gasteiger charge is 2.22. The summed E-state index contributed by atoms with van der Waals surface area (Å²) in [5.74, 6) is 0.405. The predicted octanol–water partition coefficient (Wildman–Crippen LogP) is 2.59. The number of likely N-dealkylation sites (tertiary alicyclic amines) is 1. The molecule has 33 heavy (non-hydrogen) atoms. The van der Waals surface area contributed by atoms with E-state index < -0.39 is 22.0 Å². The number of piperidine rings is 1. The summed E-state index contributed by atoms with van der Waals surface area (Å²) in [4.78, 5) is 41.6. The minimum absolute atomic E-state index is 0.0529. The number of aromatic nitrogens is 2. The van der Waals surface area contributed by atoms with Gasteiger partial charge in [-0.3, -0.25) is 19.7 Å². The highest BCUT2D eigenvalue weighted by molar-refractivity contribution is 5.78. The molecule has 0 atom stereocenters. The lowest BCUT2D eigenvalue weighted by molar-refractivity contribution is -0.387. The summed E-state index contributed by atoms with van der Waals surface area (Å²) in [6.45, 7) is 5.77. The molecule has 3 rings (SSSR count). The van der Waals surface area contributed by atoms with E-state index in [-0.39, 0.29) is 18.3 Å². The summed E-state index contributed by atoms with van der Waals surface area (Å²) >= 11 is 0. The van der Waals surface area contributed by atoms with Crippen LogP contribution in [0, 0.1) is 16.0 Å². The molecule has 1 amide bonds. The number of benzene rings is 1. The Morgan fingerprint density at radius 1 is 1.30 bits per heavy atom. The standard InChI is InChI=1S/C22H26N4O7/c1-3-32-17-12-15(5-7-18-23-21(28)20(26(30)31)22(29)24-18)4-6-16(17)33-13-19(27)25-10-8-14(2)9-11-25/h4-7,12,14H,3,8-11,13H2,1-2H3,(H2,23,24,28,29)/b7-5+. The van der Waals surface area contributed by atoms with E-state index in [0.29, 0.717) is 29.6 Å². The lowest BCUT2D eigenvalue weighted by atomic mass is 9.99. The van der Waals surface area contributed by atoms with Crippen molar-refractivity contribution in [3.8, 4) is 17.4 Å². The van der Waals surface area contributed by atoms with Crippen LogP contribution in [0.1, 0.15) is 38.1 Å². The lowest BCUT2D eigenvalue weighted by Crippen LogP contribution is -2.40. The maximum Gasteiger partial charge on any atom is 0.395 e. The van der Waals surface area contributed by atoms with Crippen molar-refractivity contribution in [3.63, 3.8) is 0 Å². The first-order chi connectivity index (χ1) is 15.8. The van der Waals surface area contributed by atoms with Crippen molar-refractivity contribution >= 4 is 23.7 Å². The van der Waals surface area contributed by atoms with Gasteiger partial charge in [0.1, 0.15) is 5.82 Å². The molecule has 0 unspecified atom stereocenters. The van der Waals surface area contributed by atoms with E-state index >= 15 is 0 Å². The third kappa shape index (κ3) is 6.09. The van der Waals surface area contributed by atoms with Gasteiger partial charge in [-0.05, 0) is 49.5 Å². The molecule has 0 spiro atoms. The molecular formula is C22H26N4O7. The van der Waals surface area contributed by atoms with E-state index in [9.17, 15) is 24.8 Å². The van der Waals surface area contributed by atoms with Crippen molar-refractivity contribution in [1.29, 1.82) is 0 Å². The minimum atomic E-state index is -1.06. The molecule has 1 aromatic carbocycles. The molecule has 2 aromatic rings. The number of aromatic hydroxyl groups is 1. The van der Waals surface area contributed by atoms with Crippen LogP contribution < -0.4 is 15.0 Å². The Balaban J connectivity index is 1.71. The van der Waals surface area contributed by atoms with Gasteiger partial charge in [0.05, 0.1) is 11.5 Å². The second kappa shape index (κ2) is 10.6. The van der Waals surface area contributed by atoms with Crippen molar-refractivity contribution in [2.45, 2.75) is 26.7 Å². The van der Waals surface area contributed by atoms with Gasteiger partial charge in [0.2, 0.25) is 0 Å². The van der Waals surface area contributed by atoms with E-state index in [1.54, 1.807) is 24.3 Å². The van der Waals surface area contributed by atoms with E-state index in [4.69, 9.17) is 9.47 Å². The van der Waals surface area contributed by atoms with Crippen LogP contribution in [0.3, 0.4) is 0 Å². The van der Waals surface area contributed by atoms with E-state index in [1.165, 1.54) is 6.08 Å². The van der Waals surface area contributed by atoms with Gasteiger partial charge in [0, 0.05) is 13.1 Å². The number of hydrogen-bond donors (Lipinski definition) is 2. The highest BCUT2D eigenvalue weighted by Crippen LogP contribution is 2.29. The summed E-state index contributed by atoms with van der Waals surface area (Å²) in [5, 5.41) is 20.4. The highest BCUT2D eigenvalue weighted by atomic mass is 16.6. The molecule has 1 saturated heterocycles. The first-order valence-corrected chi connectivity index (χ1v) is 10.6. The molecule has 1 fully saturated rings. The molecule has 1 aromatic heterocycles. The lowest BCUT2D eigenvalue weighted by Gasteiger charge is -2.30. The van der Waals surface area contributed by atoms with Crippen LogP contribution in [-0.2, 0) is 4.79 Å². The van der Waals surface area contributed by atoms with Crippen LogP contribution in [0.2, 0.25) is 0 Å². The molecule has 11 nitrogen and oxygen atoms in total. The van der Waals surface area contributed by atoms with Gasteiger partial charge in [-0.2, -0.15) is 4.98 Å². The zero-order valence-corrected chi connectivity index (χ0v) is 18.4. The molecule has 1 aliphatic heterocycles. The maximum absolute atomic E-state index is 12.4. The summed E-state index contributed by atoms with van der Waals surface area (Å²) < 4.78 is 11.3. The third-order valence-electron chi connectivity index (χ3n) is 5.27. The smallest absolute Gasteiger partial charge is 0.395 e. The number of ether oxygens (including phenoxy) is 2. The Kier molecular flexibility index (Phi) is 7.65. The van der Waals surface area contributed by atoms with Crippen LogP contribution in [0.15, 0.2) is 23.0 Å². The number of amides is 1. The van der Waals surface area contributed by atoms with Gasteiger partial charge < -0.3 is 24.5 Å². The zero-order valence-electron chi connectivity index (χ0n) is 18.4. The average Bonchev–Trinajstić information content (AvgIpc) is 2.77. The van der Waals surface area contributed by atoms with E-state index in [0.717, 1.165) is 25.9 Å². The van der Waals surface area contributed by atoms with Gasteiger partial charge in [-0.25, -0.2) is 0 Å². The predicted molar refractivity (Wildman–Crippen MR) is 120 cm³/mol. The normalized spacial score (nSPS) is 14.4. The number of nitro groups is 1. The van der Waals surface area contributed by atoms with Crippen LogP contribution in [0.5, 0.6) is 17.4 Å². The van der Waals surface area contributed by atoms with Gasteiger partial charge in [0.15, 0.2) is 18.1 Å². The maximum atomic E-state index is 12.4. The molecule has 1 aliphatic rings. The molecule has 0 radical (unpaired) electrons. The van der Waals surface area contributed by atoms with E-state index in [1.807, 2.05) is 11.8 Å². The number of nitrogens with one attached hydrogen (secondary N) is 1. The first kappa shape index (κ1) is 23.8. The van der Waals surface area contributed by atoms with Crippen molar-refractivity contribution in [2.24, 2.45) is 5.92 Å². The molecule has 0 bridgehead atoms. The van der Waals surface area contributed by atoms with Gasteiger partial charge in [-0.1, -0.05) is 19.1 Å². The number of rotatable bonds is 8. The van der Waals surface area contributed by atoms with Crippen molar-refractivity contribution in [1.82, 2.24) is 14.9 Å². The van der Waals surface area contributed by atoms with Crippen LogP contribution >= 0.6 is 0 Å². The minimum Gasteiger partial charge on any atom is -0.490 e. The van der Waals surface area contributed by atoms with Crippen LogP contribution in [0.4, 0.5) is 5.69 Å². The number of carbonyl (C=O) groups excluding carboxylic acids is 1. The molecule has 176 valence electrons. The monoisotopic (exact) mass is 458 g/mol. The van der Waals surface area contributed by atoms with Gasteiger partial charge >= 0.3 is 11.2 Å². The summed E-state index contributed by atoms with van der Waals surface area (Å²) in [6.07, 6.45) is 4.94. The van der Waals surface area contributed by atoms with Crippen LogP contribution in [-0.4, -0.2) is 57.1 Å². The molecular weight excluding hydrogens is 432 g/mol. The molecule has 0 saturated carbocycles. The van der Waals surface area contributed by atoms with Crippen LogP contribution in [0.25, 0.3) is 12.2 Å². The van der Waals surface area contributed by atoms with Crippen molar-refractivity contribution in [3.05, 3.63) is 50.1 Å². The van der Waals surface area contributed by atoms with E-state index in [2.05, 4.69) is 16.9 Å². The first-order valence-electron chi connectivity index (χ1n) is 10.6. The quantitative estimate of drug-likeness (QED) is 0.453. The summed E-state index contributed by atoms with van der Waals surface area (Å²) in [5.41, 5.74) is -1.41. The molecule has 0 aliphatic carbocycles. The summed E-state index contributed by atoms with van der Waals surface area (Å²) in [7, 11) is 0. The Bertz CT molecular complexity index is 1100. The largest absolute Gasteiger partial charge is 0.490 e. The Hall–Kier alpha value is -3.89. The number of hydrogen-bond acceptors (Lipinski definition) is 8. The SMILES string of the molecule is CCOc1cc(/C=C/c2nc(O)c([N+](=O)[O-])c(=O)[nH]2)ccc1OCC(=O)N1CCC(C)CC1. The third-order valence-corrected chi connectivity index (χ3v) is 5.27. The molecule has 2 N–H and O–H groups in total. The fourth-order valence-corrected chi connectivity index (χ4v) is 3.40. The number of H-pyrrole nitrogens is 1. The Labute approximate surface area is 189 Å². The second-order valence-electron chi connectivity index (χ2n) is 7.70. The fraction of sp³-hybridized carbons (Fsp3) is 0.409. The Morgan fingerprint density at radius 3 is 2.67 bits per heavy atom. The zero-order chi connectivity index (χ0) is 24.0.